The van der Waals surface area contributed by atoms with E-state index < -0.39 is 17.8 Å². The number of carbonyl (C=O) groups excluding carboxylic acids is 3. The van der Waals surface area contributed by atoms with Crippen molar-refractivity contribution in [3.8, 4) is 5.75 Å². The quantitative estimate of drug-likeness (QED) is 0.650. The normalized spacial score (nSPS) is 10.9. The van der Waals surface area contributed by atoms with Crippen molar-refractivity contribution in [3.05, 3.63) is 70.4 Å². The molecule has 2 aromatic carbocycles. The van der Waals surface area contributed by atoms with Crippen LogP contribution in [0.15, 0.2) is 54.2 Å². The van der Waals surface area contributed by atoms with Crippen molar-refractivity contribution in [3.63, 3.8) is 0 Å². The first-order valence-corrected chi connectivity index (χ1v) is 8.68. The Morgan fingerprint density at radius 2 is 1.79 bits per heavy atom. The number of ether oxygens (including phenoxy) is 1. The fourth-order valence-corrected chi connectivity index (χ4v) is 2.46. The second-order valence-corrected chi connectivity index (χ2v) is 6.05. The Morgan fingerprint density at radius 1 is 1.11 bits per heavy atom. The summed E-state index contributed by atoms with van der Waals surface area (Å²) in [6.07, 6.45) is 1.11. The van der Waals surface area contributed by atoms with Gasteiger partial charge in [0.1, 0.15) is 11.4 Å². The molecule has 0 spiro atoms. The van der Waals surface area contributed by atoms with Crippen LogP contribution in [0.2, 0.25) is 5.02 Å². The van der Waals surface area contributed by atoms with Gasteiger partial charge in [-0.15, -0.1) is 0 Å². The number of rotatable bonds is 8. The number of methoxy groups -OCH3 is 1. The minimum Gasteiger partial charge on any atom is -0.550 e. The van der Waals surface area contributed by atoms with Crippen LogP contribution in [0.5, 0.6) is 5.75 Å². The molecule has 0 unspecified atom stereocenters. The minimum atomic E-state index is -1.29. The molecule has 0 radical (unpaired) electrons. The number of hydrogen-bond acceptors (Lipinski definition) is 5. The molecule has 2 amide bonds. The third-order valence-corrected chi connectivity index (χ3v) is 3.98. The molecule has 2 rings (SSSR count). The van der Waals surface area contributed by atoms with Crippen LogP contribution in [0.4, 0.5) is 0 Å². The van der Waals surface area contributed by atoms with E-state index in [4.69, 9.17) is 16.3 Å². The van der Waals surface area contributed by atoms with Gasteiger partial charge in [0, 0.05) is 18.9 Å². The number of nitrogens with one attached hydrogen (secondary N) is 2. The zero-order valence-electron chi connectivity index (χ0n) is 15.0. The second kappa shape index (κ2) is 10.1. The molecule has 0 bridgehead atoms. The van der Waals surface area contributed by atoms with Crippen LogP contribution in [0, 0.1) is 0 Å². The van der Waals surface area contributed by atoms with Crippen molar-refractivity contribution in [1.29, 1.82) is 0 Å². The lowest BCUT2D eigenvalue weighted by Crippen LogP contribution is -2.37. The number of carbonyl (C=O) groups is 3. The van der Waals surface area contributed by atoms with Gasteiger partial charge in [-0.25, -0.2) is 0 Å². The molecule has 0 aliphatic carbocycles. The Labute approximate surface area is 167 Å². The summed E-state index contributed by atoms with van der Waals surface area (Å²) in [6, 6.07) is 13.2. The first-order chi connectivity index (χ1) is 13.4. The molecule has 0 fully saturated rings. The summed E-state index contributed by atoms with van der Waals surface area (Å²) < 4.78 is 5.09. The van der Waals surface area contributed by atoms with Gasteiger partial charge in [-0.3, -0.25) is 9.59 Å². The third kappa shape index (κ3) is 6.14. The van der Waals surface area contributed by atoms with Gasteiger partial charge >= 0.3 is 0 Å². The zero-order chi connectivity index (χ0) is 20.5. The van der Waals surface area contributed by atoms with E-state index in [1.54, 1.807) is 42.5 Å². The lowest BCUT2D eigenvalue weighted by molar-refractivity contribution is -0.305. The molecule has 0 aliphatic heterocycles. The summed E-state index contributed by atoms with van der Waals surface area (Å²) in [6.45, 7) is -0.136. The maximum Gasteiger partial charge on any atom is 0.267 e. The predicted octanol–water partition coefficient (Wildman–Crippen LogP) is 1.38. The van der Waals surface area contributed by atoms with Crippen LogP contribution in [0.3, 0.4) is 0 Å². The average Bonchev–Trinajstić information content (AvgIpc) is 2.68. The summed E-state index contributed by atoms with van der Waals surface area (Å²) >= 11 is 6.03. The lowest BCUT2D eigenvalue weighted by Gasteiger charge is -2.12. The van der Waals surface area contributed by atoms with Gasteiger partial charge in [0.2, 0.25) is 0 Å². The van der Waals surface area contributed by atoms with E-state index >= 15 is 0 Å². The van der Waals surface area contributed by atoms with Crippen molar-refractivity contribution >= 4 is 35.5 Å². The van der Waals surface area contributed by atoms with Crippen molar-refractivity contribution in [1.82, 2.24) is 10.6 Å². The van der Waals surface area contributed by atoms with Crippen LogP contribution in [-0.4, -0.2) is 31.4 Å². The molecule has 28 heavy (non-hydrogen) atoms. The molecule has 0 saturated carbocycles. The van der Waals surface area contributed by atoms with Crippen LogP contribution >= 0.6 is 11.6 Å². The zero-order valence-corrected chi connectivity index (χ0v) is 15.8. The maximum absolute atomic E-state index is 12.5. The van der Waals surface area contributed by atoms with E-state index in [0.717, 1.165) is 0 Å². The van der Waals surface area contributed by atoms with Gasteiger partial charge in [0.25, 0.3) is 11.8 Å². The van der Waals surface area contributed by atoms with Crippen LogP contribution < -0.4 is 20.5 Å². The Kier molecular flexibility index (Phi) is 7.59. The standard InChI is InChI=1S/C20H19ClN2O5/c1-28-14-8-6-13(7-9-14)12-17(20(27)22-11-10-18(24)25)23-19(26)15-4-2-3-5-16(15)21/h2-9,12H,10-11H2,1H3,(H,22,27)(H,23,26)(H,24,25)/p-1/b17-12+. The van der Waals surface area contributed by atoms with E-state index in [2.05, 4.69) is 10.6 Å². The number of amides is 2. The van der Waals surface area contributed by atoms with Gasteiger partial charge in [0.15, 0.2) is 0 Å². The third-order valence-electron chi connectivity index (χ3n) is 3.65. The largest absolute Gasteiger partial charge is 0.550 e. The number of carboxylic acids is 1. The highest BCUT2D eigenvalue weighted by Crippen LogP contribution is 2.16. The topological polar surface area (TPSA) is 108 Å². The molecule has 0 heterocycles. The number of benzene rings is 2. The van der Waals surface area contributed by atoms with E-state index in [9.17, 15) is 19.5 Å². The SMILES string of the molecule is COc1ccc(/C=C(/NC(=O)c2ccccc2Cl)C(=O)NCCC(=O)[O-])cc1. The molecule has 0 aliphatic rings. The van der Waals surface area contributed by atoms with Crippen molar-refractivity contribution in [2.45, 2.75) is 6.42 Å². The fourth-order valence-electron chi connectivity index (χ4n) is 2.23. The van der Waals surface area contributed by atoms with E-state index in [0.29, 0.717) is 11.3 Å². The molecular formula is C20H18ClN2O5-. The lowest BCUT2D eigenvalue weighted by atomic mass is 10.1. The Hall–Kier alpha value is -3.32. The number of carboxylic acid groups (broad SMARTS) is 1. The Bertz CT molecular complexity index is 894. The van der Waals surface area contributed by atoms with Gasteiger partial charge in [0.05, 0.1) is 17.7 Å². The van der Waals surface area contributed by atoms with Gasteiger partial charge < -0.3 is 25.3 Å². The van der Waals surface area contributed by atoms with Crippen LogP contribution in [-0.2, 0) is 9.59 Å². The number of halogens is 1. The first-order valence-electron chi connectivity index (χ1n) is 8.30. The van der Waals surface area contributed by atoms with Crippen molar-refractivity contribution < 1.29 is 24.2 Å². The molecule has 7 nitrogen and oxygen atoms in total. The second-order valence-electron chi connectivity index (χ2n) is 5.64. The molecule has 146 valence electrons. The molecule has 0 aromatic heterocycles. The molecule has 0 atom stereocenters. The molecule has 2 N–H and O–H groups in total. The highest BCUT2D eigenvalue weighted by Gasteiger charge is 2.16. The fraction of sp³-hybridized carbons (Fsp3) is 0.150. The van der Waals surface area contributed by atoms with Gasteiger partial charge in [-0.2, -0.15) is 0 Å². The Balaban J connectivity index is 2.25. The maximum atomic E-state index is 12.5. The summed E-state index contributed by atoms with van der Waals surface area (Å²) in [5.41, 5.74) is 0.770. The summed E-state index contributed by atoms with van der Waals surface area (Å²) in [5.74, 6) is -1.86. The number of hydrogen-bond donors (Lipinski definition) is 2. The van der Waals surface area contributed by atoms with E-state index in [1.807, 2.05) is 0 Å². The summed E-state index contributed by atoms with van der Waals surface area (Å²) in [7, 11) is 1.53. The van der Waals surface area contributed by atoms with Gasteiger partial charge in [-0.05, 0) is 35.9 Å². The molecule has 8 heteroatoms. The molecule has 2 aromatic rings. The molecular weight excluding hydrogens is 384 g/mol. The average molecular weight is 402 g/mol. The minimum absolute atomic E-state index is 0.0616. The monoisotopic (exact) mass is 401 g/mol. The molecule has 0 saturated heterocycles. The summed E-state index contributed by atoms with van der Waals surface area (Å²) in [4.78, 5) is 35.5. The number of aliphatic carboxylic acids is 1. The smallest absolute Gasteiger partial charge is 0.267 e. The van der Waals surface area contributed by atoms with E-state index in [-0.39, 0.29) is 29.2 Å². The highest BCUT2D eigenvalue weighted by atomic mass is 35.5. The van der Waals surface area contributed by atoms with Crippen LogP contribution in [0.1, 0.15) is 22.3 Å². The Morgan fingerprint density at radius 3 is 2.39 bits per heavy atom. The summed E-state index contributed by atoms with van der Waals surface area (Å²) in [5, 5.41) is 15.7. The predicted molar refractivity (Wildman–Crippen MR) is 103 cm³/mol. The highest BCUT2D eigenvalue weighted by molar-refractivity contribution is 6.34. The van der Waals surface area contributed by atoms with Gasteiger partial charge in [-0.1, -0.05) is 35.9 Å². The van der Waals surface area contributed by atoms with Crippen molar-refractivity contribution in [2.75, 3.05) is 13.7 Å². The van der Waals surface area contributed by atoms with Crippen LogP contribution in [0.25, 0.3) is 6.08 Å². The first kappa shape index (κ1) is 21.0. The van der Waals surface area contributed by atoms with E-state index in [1.165, 1.54) is 19.3 Å². The van der Waals surface area contributed by atoms with Crippen molar-refractivity contribution in [2.24, 2.45) is 0 Å².